The number of hydrazine groups is 1. The second-order valence-corrected chi connectivity index (χ2v) is 3.63. The van der Waals surface area contributed by atoms with Gasteiger partial charge < -0.3 is 10.7 Å². The van der Waals surface area contributed by atoms with E-state index in [1.165, 1.54) is 6.07 Å². The second kappa shape index (κ2) is 5.40. The van der Waals surface area contributed by atoms with E-state index in [1.807, 2.05) is 0 Å². The zero-order valence-corrected chi connectivity index (χ0v) is 9.65. The van der Waals surface area contributed by atoms with Crippen LogP contribution in [0.2, 0.25) is 0 Å². The lowest BCUT2D eigenvalue weighted by atomic mass is 10.2. The van der Waals surface area contributed by atoms with Gasteiger partial charge >= 0.3 is 0 Å². The van der Waals surface area contributed by atoms with Crippen LogP contribution in [0.3, 0.4) is 0 Å². The largest absolute Gasteiger partial charge is 0.318 e. The van der Waals surface area contributed by atoms with E-state index >= 15 is 0 Å². The molecule has 1 amide bonds. The summed E-state index contributed by atoms with van der Waals surface area (Å²) >= 11 is 0. The predicted molar refractivity (Wildman–Crippen MR) is 66.4 cm³/mol. The highest BCUT2D eigenvalue weighted by Crippen LogP contribution is 2.16. The van der Waals surface area contributed by atoms with Gasteiger partial charge in [-0.2, -0.15) is 0 Å². The first-order valence-corrected chi connectivity index (χ1v) is 5.30. The van der Waals surface area contributed by atoms with Crippen LogP contribution in [-0.4, -0.2) is 10.9 Å². The van der Waals surface area contributed by atoms with Gasteiger partial charge in [-0.25, -0.2) is 19.6 Å². The molecule has 0 aliphatic carbocycles. The van der Waals surface area contributed by atoms with E-state index in [4.69, 9.17) is 5.84 Å². The highest BCUT2D eigenvalue weighted by Gasteiger charge is 2.11. The number of carbonyl (C=O) groups excluding carboxylic acids is 1. The van der Waals surface area contributed by atoms with Gasteiger partial charge in [0, 0.05) is 6.07 Å². The van der Waals surface area contributed by atoms with E-state index in [0.29, 0.717) is 0 Å². The third kappa shape index (κ3) is 3.02. The zero-order valence-electron chi connectivity index (χ0n) is 9.65. The summed E-state index contributed by atoms with van der Waals surface area (Å²) in [5, 5.41) is 2.23. The summed E-state index contributed by atoms with van der Waals surface area (Å²) in [5.41, 5.74) is 2.06. The number of aromatic nitrogens is 1. The van der Waals surface area contributed by atoms with Crippen LogP contribution in [0.1, 0.15) is 10.5 Å². The molecular weight excluding hydrogens is 254 g/mol. The van der Waals surface area contributed by atoms with Crippen LogP contribution in [-0.2, 0) is 0 Å². The van der Waals surface area contributed by atoms with Gasteiger partial charge in [-0.05, 0) is 24.3 Å². The molecule has 1 aromatic heterocycles. The van der Waals surface area contributed by atoms with Crippen molar-refractivity contribution in [3.8, 4) is 0 Å². The number of pyridine rings is 1. The maximum Gasteiger partial charge on any atom is 0.274 e. The maximum absolute atomic E-state index is 13.4. The number of nitrogen functional groups attached to an aromatic ring is 1. The number of amides is 1. The second-order valence-electron chi connectivity index (χ2n) is 3.63. The Morgan fingerprint density at radius 3 is 2.74 bits per heavy atom. The van der Waals surface area contributed by atoms with Crippen LogP contribution in [0.4, 0.5) is 20.3 Å². The Kier molecular flexibility index (Phi) is 3.67. The fraction of sp³-hybridized carbons (Fsp3) is 0. The first kappa shape index (κ1) is 12.9. The van der Waals surface area contributed by atoms with E-state index in [-0.39, 0.29) is 17.2 Å². The number of hydrogen-bond donors (Lipinski definition) is 3. The molecule has 7 heteroatoms. The standard InChI is InChI=1S/C12H10F2N4O/c13-7-4-5-8(14)10(6-7)17-12(19)9-2-1-3-11(16-9)18-15/h1-6H,15H2,(H,16,18)(H,17,19). The summed E-state index contributed by atoms with van der Waals surface area (Å²) in [4.78, 5) is 15.7. The number of nitrogens with zero attached hydrogens (tertiary/aromatic N) is 1. The summed E-state index contributed by atoms with van der Waals surface area (Å²) in [6.45, 7) is 0. The highest BCUT2D eigenvalue weighted by atomic mass is 19.1. The van der Waals surface area contributed by atoms with Crippen molar-refractivity contribution in [2.45, 2.75) is 0 Å². The first-order valence-electron chi connectivity index (χ1n) is 5.30. The molecule has 0 bridgehead atoms. The van der Waals surface area contributed by atoms with E-state index in [1.54, 1.807) is 12.1 Å². The molecule has 1 heterocycles. The number of halogens is 2. The Balaban J connectivity index is 2.22. The molecular formula is C12H10F2N4O. The number of nitrogens with one attached hydrogen (secondary N) is 2. The fourth-order valence-electron chi connectivity index (χ4n) is 1.42. The van der Waals surface area contributed by atoms with E-state index in [9.17, 15) is 13.6 Å². The van der Waals surface area contributed by atoms with Crippen LogP contribution >= 0.6 is 0 Å². The van der Waals surface area contributed by atoms with Crippen molar-refractivity contribution in [2.24, 2.45) is 5.84 Å². The molecule has 98 valence electrons. The smallest absolute Gasteiger partial charge is 0.274 e. The molecule has 0 fully saturated rings. The van der Waals surface area contributed by atoms with Crippen LogP contribution in [0.5, 0.6) is 0 Å². The predicted octanol–water partition coefficient (Wildman–Crippen LogP) is 1.90. The van der Waals surface area contributed by atoms with E-state index in [2.05, 4.69) is 15.7 Å². The molecule has 4 N–H and O–H groups in total. The summed E-state index contributed by atoms with van der Waals surface area (Å²) < 4.78 is 26.3. The van der Waals surface area contributed by atoms with Crippen molar-refractivity contribution < 1.29 is 13.6 Å². The van der Waals surface area contributed by atoms with Gasteiger partial charge in [0.25, 0.3) is 5.91 Å². The van der Waals surface area contributed by atoms with Crippen molar-refractivity contribution in [3.63, 3.8) is 0 Å². The molecule has 5 nitrogen and oxygen atoms in total. The molecule has 0 spiro atoms. The lowest BCUT2D eigenvalue weighted by Gasteiger charge is -2.07. The van der Waals surface area contributed by atoms with Gasteiger partial charge in [-0.15, -0.1) is 0 Å². The van der Waals surface area contributed by atoms with Gasteiger partial charge in [-0.3, -0.25) is 4.79 Å². The Morgan fingerprint density at radius 1 is 1.21 bits per heavy atom. The van der Waals surface area contributed by atoms with E-state index in [0.717, 1.165) is 18.2 Å². The Hall–Kier alpha value is -2.54. The summed E-state index contributed by atoms with van der Waals surface area (Å²) in [5.74, 6) is 3.40. The average molecular weight is 264 g/mol. The normalized spacial score (nSPS) is 10.1. The number of carbonyl (C=O) groups is 1. The minimum absolute atomic E-state index is 0.0270. The Labute approximate surface area is 107 Å². The minimum Gasteiger partial charge on any atom is -0.318 e. The average Bonchev–Trinajstić information content (AvgIpc) is 2.43. The first-order chi connectivity index (χ1) is 9.10. The van der Waals surface area contributed by atoms with Crippen LogP contribution < -0.4 is 16.6 Å². The van der Waals surface area contributed by atoms with Gasteiger partial charge in [0.15, 0.2) is 0 Å². The molecule has 2 aromatic rings. The zero-order chi connectivity index (χ0) is 13.8. The molecule has 2 rings (SSSR count). The molecule has 0 aliphatic rings. The topological polar surface area (TPSA) is 80.0 Å². The van der Waals surface area contributed by atoms with Crippen molar-refractivity contribution in [2.75, 3.05) is 10.7 Å². The Bertz CT molecular complexity index is 618. The van der Waals surface area contributed by atoms with Crippen LogP contribution in [0.25, 0.3) is 0 Å². The monoisotopic (exact) mass is 264 g/mol. The molecule has 19 heavy (non-hydrogen) atoms. The van der Waals surface area contributed by atoms with Crippen molar-refractivity contribution in [1.82, 2.24) is 4.98 Å². The van der Waals surface area contributed by atoms with E-state index < -0.39 is 17.5 Å². The summed E-state index contributed by atoms with van der Waals surface area (Å²) in [6.07, 6.45) is 0. The number of rotatable bonds is 3. The third-order valence-corrected chi connectivity index (χ3v) is 2.31. The lowest BCUT2D eigenvalue weighted by molar-refractivity contribution is 0.102. The molecule has 1 aromatic carbocycles. The van der Waals surface area contributed by atoms with Gasteiger partial charge in [0.1, 0.15) is 23.1 Å². The molecule has 0 unspecified atom stereocenters. The molecule has 0 radical (unpaired) electrons. The van der Waals surface area contributed by atoms with Crippen LogP contribution in [0, 0.1) is 11.6 Å². The highest BCUT2D eigenvalue weighted by molar-refractivity contribution is 6.03. The number of anilines is 2. The van der Waals surface area contributed by atoms with Crippen molar-refractivity contribution >= 4 is 17.4 Å². The van der Waals surface area contributed by atoms with Gasteiger partial charge in [-0.1, -0.05) is 6.07 Å². The quantitative estimate of drug-likeness (QED) is 0.584. The number of nitrogens with two attached hydrogens (primary N) is 1. The van der Waals surface area contributed by atoms with Crippen molar-refractivity contribution in [1.29, 1.82) is 0 Å². The van der Waals surface area contributed by atoms with Gasteiger partial charge in [0.05, 0.1) is 5.69 Å². The number of benzene rings is 1. The number of hydrogen-bond acceptors (Lipinski definition) is 4. The SMILES string of the molecule is NNc1cccc(C(=O)Nc2cc(F)ccc2F)n1. The molecule has 0 saturated heterocycles. The summed E-state index contributed by atoms with van der Waals surface area (Å²) in [7, 11) is 0. The third-order valence-electron chi connectivity index (χ3n) is 2.31. The van der Waals surface area contributed by atoms with Crippen LogP contribution in [0.15, 0.2) is 36.4 Å². The maximum atomic E-state index is 13.4. The van der Waals surface area contributed by atoms with Gasteiger partial charge in [0.2, 0.25) is 0 Å². The fourth-order valence-corrected chi connectivity index (χ4v) is 1.42. The summed E-state index contributed by atoms with van der Waals surface area (Å²) in [6, 6.07) is 7.31. The molecule has 0 saturated carbocycles. The van der Waals surface area contributed by atoms with Crippen molar-refractivity contribution in [3.05, 3.63) is 53.7 Å². The lowest BCUT2D eigenvalue weighted by Crippen LogP contribution is -2.16. The molecule has 0 atom stereocenters. The Morgan fingerprint density at radius 2 is 2.00 bits per heavy atom. The minimum atomic E-state index is -0.733. The molecule has 0 aliphatic heterocycles.